The van der Waals surface area contributed by atoms with Gasteiger partial charge in [-0.05, 0) is 61.2 Å². The Morgan fingerprint density at radius 1 is 1.17 bits per heavy atom. The monoisotopic (exact) mass is 411 g/mol. The van der Waals surface area contributed by atoms with E-state index in [4.69, 9.17) is 4.74 Å². The van der Waals surface area contributed by atoms with Crippen LogP contribution < -0.4 is 14.9 Å². The molecule has 0 spiro atoms. The molecule has 2 aliphatic carbocycles. The lowest BCUT2D eigenvalue weighted by molar-refractivity contribution is 0.0953. The molecule has 0 saturated heterocycles. The van der Waals surface area contributed by atoms with Gasteiger partial charge in [0.15, 0.2) is 0 Å². The number of anilines is 1. The number of sulfonamides is 1. The van der Waals surface area contributed by atoms with Crippen LogP contribution in [0.4, 0.5) is 5.69 Å². The van der Waals surface area contributed by atoms with E-state index in [-0.39, 0.29) is 10.5 Å². The van der Waals surface area contributed by atoms with Gasteiger partial charge in [0.1, 0.15) is 5.75 Å². The number of nitrogens with zero attached hydrogens (tertiary/aromatic N) is 1. The van der Waals surface area contributed by atoms with Crippen molar-refractivity contribution in [2.24, 2.45) is 16.9 Å². The molecular weight excluding hydrogens is 390 g/mol. The van der Waals surface area contributed by atoms with E-state index < -0.39 is 15.9 Å². The molecule has 2 N–H and O–H groups in total. The maximum atomic E-state index is 12.7. The predicted molar refractivity (Wildman–Crippen MR) is 110 cm³/mol. The smallest absolute Gasteiger partial charge is 0.271 e. The minimum Gasteiger partial charge on any atom is -0.497 e. The molecule has 2 atom stereocenters. The zero-order valence-corrected chi connectivity index (χ0v) is 16.6. The highest BCUT2D eigenvalue weighted by molar-refractivity contribution is 7.92. The first-order valence-corrected chi connectivity index (χ1v) is 10.7. The van der Waals surface area contributed by atoms with E-state index in [9.17, 15) is 13.2 Å². The van der Waals surface area contributed by atoms with Crippen molar-refractivity contribution in [1.29, 1.82) is 0 Å². The number of ether oxygens (including phenoxy) is 1. The summed E-state index contributed by atoms with van der Waals surface area (Å²) in [6.07, 6.45) is 6.22. The van der Waals surface area contributed by atoms with Gasteiger partial charge in [0.05, 0.1) is 12.0 Å². The van der Waals surface area contributed by atoms with E-state index in [1.54, 1.807) is 30.3 Å². The van der Waals surface area contributed by atoms with Crippen molar-refractivity contribution in [2.45, 2.75) is 17.7 Å². The lowest BCUT2D eigenvalue weighted by Gasteiger charge is -2.31. The molecule has 150 valence electrons. The summed E-state index contributed by atoms with van der Waals surface area (Å²) in [6, 6.07) is 12.4. The van der Waals surface area contributed by atoms with E-state index in [1.807, 2.05) is 0 Å². The minimum atomic E-state index is -3.84. The van der Waals surface area contributed by atoms with Gasteiger partial charge in [-0.15, -0.1) is 0 Å². The van der Waals surface area contributed by atoms with Crippen LogP contribution in [0.25, 0.3) is 0 Å². The number of carbonyl (C=O) groups excluding carboxylic acids is 1. The molecule has 8 heteroatoms. The average molecular weight is 411 g/mol. The quantitative estimate of drug-likeness (QED) is 0.564. The van der Waals surface area contributed by atoms with Gasteiger partial charge >= 0.3 is 0 Å². The van der Waals surface area contributed by atoms with Crippen LogP contribution in [0, 0.1) is 11.8 Å². The highest BCUT2D eigenvalue weighted by Gasteiger charge is 2.37. The Kier molecular flexibility index (Phi) is 5.10. The fraction of sp³-hybridized carbons (Fsp3) is 0.238. The third-order valence-corrected chi connectivity index (χ3v) is 6.58. The SMILES string of the molecule is COc1ccc(NS(=O)(=O)c2cccc(C(=O)N/N=C3/C[C@H]4CC=C[C@@H]34)c2)cc1. The summed E-state index contributed by atoms with van der Waals surface area (Å²) in [4.78, 5) is 12.4. The van der Waals surface area contributed by atoms with E-state index >= 15 is 0 Å². The number of hydrogen-bond acceptors (Lipinski definition) is 5. The van der Waals surface area contributed by atoms with Crippen molar-refractivity contribution >= 4 is 27.3 Å². The van der Waals surface area contributed by atoms with E-state index in [2.05, 4.69) is 27.4 Å². The topological polar surface area (TPSA) is 96.9 Å². The Balaban J connectivity index is 1.46. The normalized spacial score (nSPS) is 21.3. The molecule has 0 heterocycles. The van der Waals surface area contributed by atoms with Gasteiger partial charge in [0, 0.05) is 22.9 Å². The van der Waals surface area contributed by atoms with Gasteiger partial charge in [-0.25, -0.2) is 13.8 Å². The van der Waals surface area contributed by atoms with Crippen molar-refractivity contribution in [3.8, 4) is 5.75 Å². The van der Waals surface area contributed by atoms with Crippen LogP contribution in [0.2, 0.25) is 0 Å². The highest BCUT2D eigenvalue weighted by Crippen LogP contribution is 2.40. The van der Waals surface area contributed by atoms with Gasteiger partial charge in [0.2, 0.25) is 0 Å². The number of fused-ring (bicyclic) bond motifs is 1. The van der Waals surface area contributed by atoms with Gasteiger partial charge in [-0.1, -0.05) is 18.2 Å². The molecule has 29 heavy (non-hydrogen) atoms. The summed E-state index contributed by atoms with van der Waals surface area (Å²) in [5.41, 5.74) is 4.13. The number of hydrogen-bond donors (Lipinski definition) is 2. The largest absolute Gasteiger partial charge is 0.497 e. The number of rotatable bonds is 6. The van der Waals surface area contributed by atoms with Gasteiger partial charge in [-0.2, -0.15) is 5.10 Å². The number of methoxy groups -OCH3 is 1. The maximum absolute atomic E-state index is 12.7. The first-order chi connectivity index (χ1) is 14.0. The van der Waals surface area contributed by atoms with Crippen LogP contribution in [0.1, 0.15) is 23.2 Å². The Bertz CT molecular complexity index is 1090. The molecule has 2 aliphatic rings. The average Bonchev–Trinajstić information content (AvgIpc) is 3.09. The zero-order chi connectivity index (χ0) is 20.4. The Hall–Kier alpha value is -3.13. The molecule has 1 amide bonds. The summed E-state index contributed by atoms with van der Waals surface area (Å²) < 4.78 is 32.9. The summed E-state index contributed by atoms with van der Waals surface area (Å²) in [6.45, 7) is 0. The van der Waals surface area contributed by atoms with Crippen molar-refractivity contribution in [2.75, 3.05) is 11.8 Å². The van der Waals surface area contributed by atoms with E-state index in [0.29, 0.717) is 23.3 Å². The number of allylic oxidation sites excluding steroid dienone is 2. The third kappa shape index (κ3) is 4.02. The molecule has 2 aromatic carbocycles. The highest BCUT2D eigenvalue weighted by atomic mass is 32.2. The van der Waals surface area contributed by atoms with Crippen LogP contribution in [-0.4, -0.2) is 27.1 Å². The number of amides is 1. The Morgan fingerprint density at radius 3 is 2.69 bits per heavy atom. The maximum Gasteiger partial charge on any atom is 0.271 e. The lowest BCUT2D eigenvalue weighted by Crippen LogP contribution is -2.35. The minimum absolute atomic E-state index is 0.00365. The fourth-order valence-electron chi connectivity index (χ4n) is 3.53. The van der Waals surface area contributed by atoms with E-state index in [0.717, 1.165) is 18.6 Å². The molecule has 0 aromatic heterocycles. The summed E-state index contributed by atoms with van der Waals surface area (Å²) in [5, 5.41) is 4.21. The summed E-state index contributed by atoms with van der Waals surface area (Å²) in [7, 11) is -2.31. The van der Waals surface area contributed by atoms with Crippen LogP contribution in [0.3, 0.4) is 0 Å². The Labute approximate surface area is 169 Å². The standard InChI is InChI=1S/C21H21N3O4S/c1-28-17-10-8-16(9-11-17)24-29(26,27)18-6-2-5-15(12-18)21(25)23-22-20-13-14-4-3-7-19(14)20/h2-3,5-12,14,19,24H,4,13H2,1H3,(H,23,25)/b22-20-/t14-,19-/m1/s1. The van der Waals surface area contributed by atoms with Crippen LogP contribution in [0.15, 0.2) is 70.7 Å². The molecule has 7 nitrogen and oxygen atoms in total. The molecule has 4 rings (SSSR count). The fourth-order valence-corrected chi connectivity index (χ4v) is 4.63. The number of hydrazone groups is 1. The van der Waals surface area contributed by atoms with E-state index in [1.165, 1.54) is 25.3 Å². The van der Waals surface area contributed by atoms with Crippen molar-refractivity contribution in [3.05, 3.63) is 66.2 Å². The molecule has 1 fully saturated rings. The number of benzene rings is 2. The summed E-state index contributed by atoms with van der Waals surface area (Å²) in [5.74, 6) is 1.13. The third-order valence-electron chi connectivity index (χ3n) is 5.20. The van der Waals surface area contributed by atoms with Crippen LogP contribution in [-0.2, 0) is 10.0 Å². The van der Waals surface area contributed by atoms with Crippen molar-refractivity contribution in [1.82, 2.24) is 5.43 Å². The molecule has 2 aromatic rings. The van der Waals surface area contributed by atoms with Crippen molar-refractivity contribution < 1.29 is 17.9 Å². The second-order valence-electron chi connectivity index (χ2n) is 7.06. The second-order valence-corrected chi connectivity index (χ2v) is 8.74. The molecule has 0 radical (unpaired) electrons. The van der Waals surface area contributed by atoms with Gasteiger partial charge < -0.3 is 4.74 Å². The molecular formula is C21H21N3O4S. The first-order valence-electron chi connectivity index (χ1n) is 9.26. The second kappa shape index (κ2) is 7.71. The Morgan fingerprint density at radius 2 is 1.97 bits per heavy atom. The van der Waals surface area contributed by atoms with Crippen LogP contribution in [0.5, 0.6) is 5.75 Å². The first kappa shape index (κ1) is 19.2. The van der Waals surface area contributed by atoms with Crippen LogP contribution >= 0.6 is 0 Å². The van der Waals surface area contributed by atoms with Gasteiger partial charge in [0.25, 0.3) is 15.9 Å². The molecule has 0 aliphatic heterocycles. The molecule has 1 saturated carbocycles. The summed E-state index contributed by atoms with van der Waals surface area (Å²) >= 11 is 0. The molecule has 0 unspecified atom stereocenters. The zero-order valence-electron chi connectivity index (χ0n) is 15.8. The van der Waals surface area contributed by atoms with Gasteiger partial charge in [-0.3, -0.25) is 9.52 Å². The van der Waals surface area contributed by atoms with Crippen molar-refractivity contribution in [3.63, 3.8) is 0 Å². The number of nitrogens with one attached hydrogen (secondary N) is 2. The molecule has 0 bridgehead atoms. The predicted octanol–water partition coefficient (Wildman–Crippen LogP) is 3.18. The lowest BCUT2D eigenvalue weighted by atomic mass is 9.74. The number of carbonyl (C=O) groups is 1.